The molecule has 0 saturated heterocycles. The second-order valence-electron chi connectivity index (χ2n) is 12.3. The molecule has 0 bridgehead atoms. The Morgan fingerprint density at radius 1 is 0.745 bits per heavy atom. The van der Waals surface area contributed by atoms with Crippen molar-refractivity contribution < 1.29 is 23.9 Å². The van der Waals surface area contributed by atoms with Gasteiger partial charge in [-0.1, -0.05) is 109 Å². The summed E-state index contributed by atoms with van der Waals surface area (Å²) in [4.78, 5) is 40.7. The predicted octanol–water partition coefficient (Wildman–Crippen LogP) is 7.65. The number of rotatable bonds is 13. The Labute approximate surface area is 278 Å². The van der Waals surface area contributed by atoms with Crippen LogP contribution in [0.25, 0.3) is 11.1 Å². The van der Waals surface area contributed by atoms with Gasteiger partial charge in [0.1, 0.15) is 18.2 Å². The molecular formula is C39H45N3O5. The largest absolute Gasteiger partial charge is 0.445 e. The lowest BCUT2D eigenvalue weighted by molar-refractivity contribution is -0.134. The maximum Gasteiger partial charge on any atom is 0.408 e. The highest BCUT2D eigenvalue weighted by Crippen LogP contribution is 2.25. The zero-order valence-electron chi connectivity index (χ0n) is 27.7. The number of hydrogen-bond donors (Lipinski definition) is 2. The van der Waals surface area contributed by atoms with Crippen molar-refractivity contribution >= 4 is 18.1 Å². The third-order valence-electron chi connectivity index (χ3n) is 7.54. The molecule has 8 heteroatoms. The van der Waals surface area contributed by atoms with E-state index in [1.54, 1.807) is 4.90 Å². The highest BCUT2D eigenvalue weighted by Gasteiger charge is 2.26. The van der Waals surface area contributed by atoms with Crippen LogP contribution in [0.3, 0.4) is 0 Å². The molecule has 0 fully saturated rings. The molecule has 0 heterocycles. The number of likely N-dealkylation sites (N-methyl/N-ethyl adjacent to an activating group) is 1. The van der Waals surface area contributed by atoms with Gasteiger partial charge in [-0.15, -0.1) is 0 Å². The van der Waals surface area contributed by atoms with E-state index >= 15 is 0 Å². The number of alkyl carbamates (subject to hydrolysis) is 2. The van der Waals surface area contributed by atoms with Crippen LogP contribution >= 0.6 is 0 Å². The van der Waals surface area contributed by atoms with Gasteiger partial charge in [-0.2, -0.15) is 0 Å². The van der Waals surface area contributed by atoms with E-state index in [-0.39, 0.29) is 12.5 Å². The number of aryl methyl sites for hydroxylation is 1. The first-order valence-corrected chi connectivity index (χ1v) is 16.1. The number of hydrogen-bond acceptors (Lipinski definition) is 5. The molecule has 2 N–H and O–H groups in total. The van der Waals surface area contributed by atoms with E-state index in [2.05, 4.69) is 10.6 Å². The summed E-state index contributed by atoms with van der Waals surface area (Å²) in [6.45, 7) is 8.74. The zero-order valence-corrected chi connectivity index (χ0v) is 27.7. The van der Waals surface area contributed by atoms with Crippen LogP contribution in [0.5, 0.6) is 0 Å². The Balaban J connectivity index is 1.42. The Kier molecular flexibility index (Phi) is 12.6. The monoisotopic (exact) mass is 635 g/mol. The summed E-state index contributed by atoms with van der Waals surface area (Å²) in [6.07, 6.45) is -0.0224. The summed E-state index contributed by atoms with van der Waals surface area (Å²) in [7, 11) is 0. The lowest BCUT2D eigenvalue weighted by atomic mass is 9.98. The van der Waals surface area contributed by atoms with Gasteiger partial charge in [-0.05, 0) is 73.9 Å². The molecule has 47 heavy (non-hydrogen) atoms. The fraction of sp³-hybridized carbons (Fsp3) is 0.308. The number of benzene rings is 4. The minimum atomic E-state index is -0.748. The van der Waals surface area contributed by atoms with Crippen molar-refractivity contribution in [3.63, 3.8) is 0 Å². The minimum absolute atomic E-state index is 0.121. The number of amides is 3. The fourth-order valence-corrected chi connectivity index (χ4v) is 5.13. The average Bonchev–Trinajstić information content (AvgIpc) is 3.07. The molecule has 0 unspecified atom stereocenters. The van der Waals surface area contributed by atoms with Crippen molar-refractivity contribution in [2.24, 2.45) is 0 Å². The van der Waals surface area contributed by atoms with E-state index in [9.17, 15) is 14.4 Å². The van der Waals surface area contributed by atoms with Crippen LogP contribution in [-0.4, -0.2) is 41.2 Å². The summed E-state index contributed by atoms with van der Waals surface area (Å²) in [6, 6.07) is 34.5. The molecule has 0 aliphatic carbocycles. The molecular weight excluding hydrogens is 590 g/mol. The highest BCUT2D eigenvalue weighted by atomic mass is 16.6. The molecule has 0 radical (unpaired) electrons. The zero-order chi connectivity index (χ0) is 33.6. The Morgan fingerprint density at radius 2 is 1.36 bits per heavy atom. The standard InChI is InChI=1S/C39H45N3O5/c1-5-42(27-30-20-23-32(24-21-30)34-19-13-12-18-33(34)26-40-37(44)47-39(2,3)4)36(43)35(25-22-29-14-8-6-9-15-29)41-38(45)46-28-31-16-10-7-11-17-31/h6-21,23-24,35H,5,22,25-28H2,1-4H3,(H,40,44)(H,41,45)/t35-/m1/s1. The summed E-state index contributed by atoms with van der Waals surface area (Å²) < 4.78 is 10.8. The van der Waals surface area contributed by atoms with Gasteiger partial charge in [0.25, 0.3) is 0 Å². The fourth-order valence-electron chi connectivity index (χ4n) is 5.13. The van der Waals surface area contributed by atoms with E-state index < -0.39 is 23.8 Å². The molecule has 0 aromatic heterocycles. The first-order chi connectivity index (χ1) is 22.6. The van der Waals surface area contributed by atoms with E-state index in [4.69, 9.17) is 9.47 Å². The number of carbonyl (C=O) groups is 3. The van der Waals surface area contributed by atoms with Crippen molar-refractivity contribution in [1.82, 2.24) is 15.5 Å². The predicted molar refractivity (Wildman–Crippen MR) is 184 cm³/mol. The summed E-state index contributed by atoms with van der Waals surface area (Å²) in [5.74, 6) is -0.164. The van der Waals surface area contributed by atoms with Gasteiger partial charge in [0, 0.05) is 19.6 Å². The van der Waals surface area contributed by atoms with Crippen LogP contribution in [0.1, 0.15) is 56.4 Å². The van der Waals surface area contributed by atoms with Crippen molar-refractivity contribution in [1.29, 1.82) is 0 Å². The van der Waals surface area contributed by atoms with Crippen molar-refractivity contribution in [2.45, 2.75) is 71.9 Å². The molecule has 4 aromatic carbocycles. The molecule has 246 valence electrons. The first kappa shape index (κ1) is 34.8. The van der Waals surface area contributed by atoms with E-state index in [1.807, 2.05) is 137 Å². The van der Waals surface area contributed by atoms with Crippen LogP contribution in [0.2, 0.25) is 0 Å². The van der Waals surface area contributed by atoms with E-state index in [0.717, 1.165) is 33.4 Å². The van der Waals surface area contributed by atoms with Crippen LogP contribution in [-0.2, 0) is 40.4 Å². The van der Waals surface area contributed by atoms with Gasteiger partial charge in [0.15, 0.2) is 0 Å². The Hall–Kier alpha value is -5.11. The third-order valence-corrected chi connectivity index (χ3v) is 7.54. The Morgan fingerprint density at radius 3 is 2.00 bits per heavy atom. The molecule has 3 amide bonds. The van der Waals surface area contributed by atoms with Gasteiger partial charge in [-0.25, -0.2) is 9.59 Å². The van der Waals surface area contributed by atoms with Crippen molar-refractivity contribution in [3.05, 3.63) is 131 Å². The van der Waals surface area contributed by atoms with Crippen LogP contribution in [0, 0.1) is 0 Å². The number of carbonyl (C=O) groups excluding carboxylic acids is 3. The molecule has 1 atom stereocenters. The van der Waals surface area contributed by atoms with Gasteiger partial charge >= 0.3 is 12.2 Å². The topological polar surface area (TPSA) is 97.0 Å². The average molecular weight is 636 g/mol. The van der Waals surface area contributed by atoms with Crippen LogP contribution in [0.15, 0.2) is 109 Å². The number of nitrogens with one attached hydrogen (secondary N) is 2. The number of nitrogens with zero attached hydrogens (tertiary/aromatic N) is 1. The lowest BCUT2D eigenvalue weighted by Crippen LogP contribution is -2.48. The van der Waals surface area contributed by atoms with E-state index in [0.29, 0.717) is 32.5 Å². The summed E-state index contributed by atoms with van der Waals surface area (Å²) in [5.41, 5.74) is 5.30. The van der Waals surface area contributed by atoms with Crippen molar-refractivity contribution in [3.8, 4) is 11.1 Å². The van der Waals surface area contributed by atoms with Crippen molar-refractivity contribution in [2.75, 3.05) is 6.54 Å². The molecule has 0 saturated carbocycles. The Bertz CT molecular complexity index is 1580. The molecule has 8 nitrogen and oxygen atoms in total. The highest BCUT2D eigenvalue weighted by molar-refractivity contribution is 5.85. The van der Waals surface area contributed by atoms with Crippen LogP contribution < -0.4 is 10.6 Å². The molecule has 0 aliphatic rings. The smallest absolute Gasteiger partial charge is 0.408 e. The molecule has 0 spiro atoms. The maximum absolute atomic E-state index is 13.9. The summed E-state index contributed by atoms with van der Waals surface area (Å²) >= 11 is 0. The number of ether oxygens (including phenoxy) is 2. The SMILES string of the molecule is CCN(Cc1ccc(-c2ccccc2CNC(=O)OC(C)(C)C)cc1)C(=O)[C@@H](CCc1ccccc1)NC(=O)OCc1ccccc1. The third kappa shape index (κ3) is 11.3. The first-order valence-electron chi connectivity index (χ1n) is 16.1. The van der Waals surface area contributed by atoms with Gasteiger partial charge in [0.05, 0.1) is 0 Å². The minimum Gasteiger partial charge on any atom is -0.445 e. The van der Waals surface area contributed by atoms with Gasteiger partial charge in [-0.3, -0.25) is 4.79 Å². The maximum atomic E-state index is 13.9. The summed E-state index contributed by atoms with van der Waals surface area (Å²) in [5, 5.41) is 5.68. The normalized spacial score (nSPS) is 11.7. The van der Waals surface area contributed by atoms with Crippen LogP contribution in [0.4, 0.5) is 9.59 Å². The van der Waals surface area contributed by atoms with E-state index in [1.165, 1.54) is 0 Å². The second-order valence-corrected chi connectivity index (χ2v) is 12.3. The van der Waals surface area contributed by atoms with Gasteiger partial charge in [0.2, 0.25) is 5.91 Å². The molecule has 0 aliphatic heterocycles. The quantitative estimate of drug-likeness (QED) is 0.157. The van der Waals surface area contributed by atoms with Gasteiger partial charge < -0.3 is 25.0 Å². The molecule has 4 aromatic rings. The lowest BCUT2D eigenvalue weighted by Gasteiger charge is -2.27. The molecule has 4 rings (SSSR count). The second kappa shape index (κ2) is 17.0.